The highest BCUT2D eigenvalue weighted by Crippen LogP contribution is 2.26. The summed E-state index contributed by atoms with van der Waals surface area (Å²) in [6.07, 6.45) is -0.493. The normalized spacial score (nSPS) is 13.6. The van der Waals surface area contributed by atoms with Crippen LogP contribution in [0.15, 0.2) is 42.5 Å². The smallest absolute Gasteiger partial charge is 0.408 e. The average molecular weight is 434 g/mol. The second-order valence-electron chi connectivity index (χ2n) is 8.76. The van der Waals surface area contributed by atoms with E-state index in [0.717, 1.165) is 16.7 Å². The number of carbonyl (C=O) groups excluding carboxylic acids is 3. The van der Waals surface area contributed by atoms with Crippen molar-refractivity contribution < 1.29 is 19.1 Å². The molecular formula is C24H26N4O4. The van der Waals surface area contributed by atoms with Crippen molar-refractivity contribution in [1.29, 1.82) is 5.26 Å². The van der Waals surface area contributed by atoms with Crippen molar-refractivity contribution in [2.45, 2.75) is 51.9 Å². The Morgan fingerprint density at radius 2 is 1.78 bits per heavy atom. The number of rotatable bonds is 5. The first-order valence-corrected chi connectivity index (χ1v) is 10.2. The summed E-state index contributed by atoms with van der Waals surface area (Å²) >= 11 is 0. The van der Waals surface area contributed by atoms with Gasteiger partial charge in [0.15, 0.2) is 0 Å². The molecule has 32 heavy (non-hydrogen) atoms. The number of primary amides is 1. The molecule has 0 bridgehead atoms. The molecule has 0 saturated carbocycles. The molecule has 0 fully saturated rings. The van der Waals surface area contributed by atoms with Gasteiger partial charge in [0.25, 0.3) is 5.91 Å². The highest BCUT2D eigenvalue weighted by atomic mass is 16.6. The molecule has 8 heteroatoms. The first-order valence-electron chi connectivity index (χ1n) is 10.2. The minimum absolute atomic E-state index is 0.117. The van der Waals surface area contributed by atoms with Gasteiger partial charge in [0, 0.05) is 25.1 Å². The van der Waals surface area contributed by atoms with Crippen LogP contribution in [0.25, 0.3) is 0 Å². The third-order valence-electron chi connectivity index (χ3n) is 5.02. The van der Waals surface area contributed by atoms with E-state index in [1.54, 1.807) is 49.9 Å². The Hall–Kier alpha value is -3.86. The summed E-state index contributed by atoms with van der Waals surface area (Å²) in [5, 5.41) is 11.4. The molecule has 0 aromatic heterocycles. The lowest BCUT2D eigenvalue weighted by Gasteiger charge is -2.22. The molecule has 0 saturated heterocycles. The number of benzene rings is 2. The van der Waals surface area contributed by atoms with Crippen LogP contribution in [0, 0.1) is 11.3 Å². The maximum atomic E-state index is 12.8. The Kier molecular flexibility index (Phi) is 6.49. The molecule has 3 N–H and O–H groups in total. The Balaban J connectivity index is 1.68. The van der Waals surface area contributed by atoms with E-state index < -0.39 is 23.6 Å². The number of alkyl carbamates (subject to hydrolysis) is 1. The van der Waals surface area contributed by atoms with Crippen LogP contribution in [0.5, 0.6) is 0 Å². The molecule has 8 nitrogen and oxygen atoms in total. The van der Waals surface area contributed by atoms with Gasteiger partial charge in [-0.25, -0.2) is 4.79 Å². The van der Waals surface area contributed by atoms with Crippen LogP contribution in [0.2, 0.25) is 0 Å². The SMILES string of the molecule is CC(C)(C)OC(=O)N[C@@H](Cc1ccc2c(c1)CN(C(=O)c1ccc(C#N)cc1)C2)C(N)=O. The van der Waals surface area contributed by atoms with Gasteiger partial charge in [-0.15, -0.1) is 0 Å². The van der Waals surface area contributed by atoms with E-state index >= 15 is 0 Å². The first-order chi connectivity index (χ1) is 15.1. The van der Waals surface area contributed by atoms with Crippen molar-refractivity contribution in [3.63, 3.8) is 0 Å². The van der Waals surface area contributed by atoms with E-state index in [4.69, 9.17) is 15.7 Å². The van der Waals surface area contributed by atoms with Crippen molar-refractivity contribution >= 4 is 17.9 Å². The van der Waals surface area contributed by atoms with E-state index in [2.05, 4.69) is 5.32 Å². The number of nitriles is 1. The van der Waals surface area contributed by atoms with E-state index in [9.17, 15) is 14.4 Å². The molecule has 2 aromatic carbocycles. The summed E-state index contributed by atoms with van der Waals surface area (Å²) in [6, 6.07) is 13.4. The highest BCUT2D eigenvalue weighted by molar-refractivity contribution is 5.94. The highest BCUT2D eigenvalue weighted by Gasteiger charge is 2.26. The fraction of sp³-hybridized carbons (Fsp3) is 0.333. The molecule has 0 radical (unpaired) electrons. The molecule has 2 aromatic rings. The number of carbonyl (C=O) groups is 3. The largest absolute Gasteiger partial charge is 0.444 e. The van der Waals surface area contributed by atoms with Gasteiger partial charge < -0.3 is 20.7 Å². The minimum atomic E-state index is -0.916. The van der Waals surface area contributed by atoms with Gasteiger partial charge in [-0.05, 0) is 61.7 Å². The Labute approximate surface area is 187 Å². The molecule has 1 heterocycles. The van der Waals surface area contributed by atoms with Crippen molar-refractivity contribution in [3.05, 3.63) is 70.3 Å². The third kappa shape index (κ3) is 5.64. The Bertz CT molecular complexity index is 1080. The monoisotopic (exact) mass is 434 g/mol. The average Bonchev–Trinajstić information content (AvgIpc) is 3.14. The quantitative estimate of drug-likeness (QED) is 0.748. The minimum Gasteiger partial charge on any atom is -0.444 e. The number of ether oxygens (including phenoxy) is 1. The van der Waals surface area contributed by atoms with Gasteiger partial charge in [0.1, 0.15) is 11.6 Å². The second kappa shape index (κ2) is 9.10. The summed E-state index contributed by atoms with van der Waals surface area (Å²) in [5.41, 5.74) is 8.62. The first kappa shape index (κ1) is 22.8. The number of nitrogens with two attached hydrogens (primary N) is 1. The predicted octanol–water partition coefficient (Wildman–Crippen LogP) is 2.64. The van der Waals surface area contributed by atoms with E-state index in [1.807, 2.05) is 24.3 Å². The van der Waals surface area contributed by atoms with E-state index in [0.29, 0.717) is 24.2 Å². The van der Waals surface area contributed by atoms with Gasteiger partial charge in [-0.2, -0.15) is 5.26 Å². The van der Waals surface area contributed by atoms with Crippen LogP contribution < -0.4 is 11.1 Å². The predicted molar refractivity (Wildman–Crippen MR) is 117 cm³/mol. The summed E-state index contributed by atoms with van der Waals surface area (Å²) < 4.78 is 5.21. The molecule has 1 aliphatic heterocycles. The van der Waals surface area contributed by atoms with Gasteiger partial charge in [0.05, 0.1) is 11.6 Å². The fourth-order valence-electron chi connectivity index (χ4n) is 3.50. The number of hydrogen-bond acceptors (Lipinski definition) is 5. The van der Waals surface area contributed by atoms with Gasteiger partial charge >= 0.3 is 6.09 Å². The van der Waals surface area contributed by atoms with E-state index in [-0.39, 0.29) is 12.3 Å². The van der Waals surface area contributed by atoms with Gasteiger partial charge in [-0.3, -0.25) is 9.59 Å². The summed E-state index contributed by atoms with van der Waals surface area (Å²) in [6.45, 7) is 6.11. The van der Waals surface area contributed by atoms with Crippen LogP contribution in [0.3, 0.4) is 0 Å². The molecule has 1 atom stereocenters. The van der Waals surface area contributed by atoms with Crippen LogP contribution in [0.4, 0.5) is 4.79 Å². The van der Waals surface area contributed by atoms with E-state index in [1.165, 1.54) is 0 Å². The zero-order valence-electron chi connectivity index (χ0n) is 18.3. The molecule has 1 aliphatic rings. The summed E-state index contributed by atoms with van der Waals surface area (Å²) in [7, 11) is 0. The van der Waals surface area contributed by atoms with Crippen molar-refractivity contribution in [3.8, 4) is 6.07 Å². The fourth-order valence-corrected chi connectivity index (χ4v) is 3.50. The Morgan fingerprint density at radius 3 is 2.38 bits per heavy atom. The van der Waals surface area contributed by atoms with Crippen molar-refractivity contribution in [1.82, 2.24) is 10.2 Å². The van der Waals surface area contributed by atoms with Crippen molar-refractivity contribution in [2.24, 2.45) is 5.73 Å². The number of nitrogens with zero attached hydrogens (tertiary/aromatic N) is 2. The summed E-state index contributed by atoms with van der Waals surface area (Å²) in [4.78, 5) is 38.4. The van der Waals surface area contributed by atoms with Crippen molar-refractivity contribution in [2.75, 3.05) is 0 Å². The van der Waals surface area contributed by atoms with Crippen LogP contribution in [0.1, 0.15) is 53.4 Å². The maximum Gasteiger partial charge on any atom is 0.408 e. The number of hydrogen-bond donors (Lipinski definition) is 2. The molecule has 0 spiro atoms. The summed E-state index contributed by atoms with van der Waals surface area (Å²) in [5.74, 6) is -0.775. The maximum absolute atomic E-state index is 12.8. The lowest BCUT2D eigenvalue weighted by molar-refractivity contribution is -0.120. The molecule has 166 valence electrons. The Morgan fingerprint density at radius 1 is 1.12 bits per heavy atom. The lowest BCUT2D eigenvalue weighted by atomic mass is 10.0. The molecular weight excluding hydrogens is 408 g/mol. The third-order valence-corrected chi connectivity index (χ3v) is 5.02. The van der Waals surface area contributed by atoms with Crippen LogP contribution >= 0.6 is 0 Å². The topological polar surface area (TPSA) is 126 Å². The molecule has 3 rings (SSSR count). The van der Waals surface area contributed by atoms with Gasteiger partial charge in [-0.1, -0.05) is 18.2 Å². The van der Waals surface area contributed by atoms with Gasteiger partial charge in [0.2, 0.25) is 5.91 Å². The molecule has 3 amide bonds. The second-order valence-corrected chi connectivity index (χ2v) is 8.76. The lowest BCUT2D eigenvalue weighted by Crippen LogP contribution is -2.47. The number of amides is 3. The van der Waals surface area contributed by atoms with Crippen LogP contribution in [-0.4, -0.2) is 34.5 Å². The zero-order chi connectivity index (χ0) is 23.5. The zero-order valence-corrected chi connectivity index (χ0v) is 18.3. The molecule has 0 unspecified atom stereocenters. The number of fused-ring (bicyclic) bond motifs is 1. The number of nitrogens with one attached hydrogen (secondary N) is 1. The standard InChI is InChI=1S/C24H26N4O4/c1-24(2,3)32-23(31)27-20(21(26)29)11-16-6-9-18-13-28(14-19(18)10-16)22(30)17-7-4-15(12-25)5-8-17/h4-10,20H,11,13-14H2,1-3H3,(H2,26,29)(H,27,31)/t20-/m0/s1. The van der Waals surface area contributed by atoms with Crippen LogP contribution in [-0.2, 0) is 29.0 Å². The molecule has 0 aliphatic carbocycles.